The largest absolute Gasteiger partial charge is 0.378 e. The van der Waals surface area contributed by atoms with Crippen molar-refractivity contribution in [2.45, 2.75) is 13.3 Å². The Bertz CT molecular complexity index is 709. The molecule has 6 heteroatoms. The fraction of sp³-hybridized carbons (Fsp3) is 0.556. The highest BCUT2D eigenvalue weighted by Gasteiger charge is 2.21. The van der Waals surface area contributed by atoms with Crippen LogP contribution in [0.15, 0.2) is 18.2 Å². The van der Waals surface area contributed by atoms with Crippen molar-refractivity contribution in [1.82, 2.24) is 9.97 Å². The van der Waals surface area contributed by atoms with Gasteiger partial charge in [-0.05, 0) is 18.1 Å². The maximum Gasteiger partial charge on any atom is 0.228 e. The maximum absolute atomic E-state index is 5.51. The van der Waals surface area contributed by atoms with Crippen molar-refractivity contribution < 1.29 is 9.47 Å². The van der Waals surface area contributed by atoms with Gasteiger partial charge >= 0.3 is 0 Å². The fourth-order valence-corrected chi connectivity index (χ4v) is 3.39. The number of morpholine rings is 2. The first-order chi connectivity index (χ1) is 11.9. The minimum Gasteiger partial charge on any atom is -0.378 e. The van der Waals surface area contributed by atoms with Crippen LogP contribution in [0.1, 0.15) is 12.5 Å². The Morgan fingerprint density at radius 2 is 1.58 bits per heavy atom. The summed E-state index contributed by atoms with van der Waals surface area (Å²) in [4.78, 5) is 14.4. The number of aromatic nitrogens is 2. The van der Waals surface area contributed by atoms with E-state index in [0.717, 1.165) is 81.7 Å². The van der Waals surface area contributed by atoms with Gasteiger partial charge in [-0.2, -0.15) is 4.98 Å². The molecule has 6 nitrogen and oxygen atoms in total. The van der Waals surface area contributed by atoms with E-state index in [1.165, 1.54) is 5.56 Å². The fourth-order valence-electron chi connectivity index (χ4n) is 3.39. The van der Waals surface area contributed by atoms with E-state index in [-0.39, 0.29) is 0 Å². The van der Waals surface area contributed by atoms with Gasteiger partial charge in [-0.25, -0.2) is 4.98 Å². The molecular weight excluding hydrogens is 304 g/mol. The Morgan fingerprint density at radius 3 is 2.25 bits per heavy atom. The zero-order valence-electron chi connectivity index (χ0n) is 14.2. The van der Waals surface area contributed by atoms with Gasteiger partial charge in [0, 0.05) is 31.6 Å². The van der Waals surface area contributed by atoms with E-state index in [2.05, 4.69) is 34.9 Å². The highest BCUT2D eigenvalue weighted by atomic mass is 16.5. The third-order valence-electron chi connectivity index (χ3n) is 4.76. The molecule has 3 heterocycles. The average Bonchev–Trinajstić information content (AvgIpc) is 2.68. The van der Waals surface area contributed by atoms with Gasteiger partial charge in [0.25, 0.3) is 0 Å². The normalized spacial score (nSPS) is 19.0. The third-order valence-corrected chi connectivity index (χ3v) is 4.76. The lowest BCUT2D eigenvalue weighted by Crippen LogP contribution is -2.39. The standard InChI is InChI=1S/C18H24N4O2/c1-2-14-4-3-5-15-16(14)19-18(22-8-12-24-13-9-22)20-17(15)21-6-10-23-11-7-21/h3-5H,2,6-13H2,1H3. The van der Waals surface area contributed by atoms with E-state index >= 15 is 0 Å². The lowest BCUT2D eigenvalue weighted by molar-refractivity contribution is 0.121. The predicted molar refractivity (Wildman–Crippen MR) is 95.0 cm³/mol. The molecule has 1 aromatic heterocycles. The molecule has 0 spiro atoms. The number of hydrogen-bond donors (Lipinski definition) is 0. The molecule has 0 saturated carbocycles. The summed E-state index contributed by atoms with van der Waals surface area (Å²) < 4.78 is 11.0. The minimum absolute atomic E-state index is 0.740. The smallest absolute Gasteiger partial charge is 0.228 e. The van der Waals surface area contributed by atoms with Crippen molar-refractivity contribution in [2.24, 2.45) is 0 Å². The van der Waals surface area contributed by atoms with Crippen LogP contribution in [-0.4, -0.2) is 62.6 Å². The number of anilines is 2. The van der Waals surface area contributed by atoms with Crippen LogP contribution in [0.5, 0.6) is 0 Å². The van der Waals surface area contributed by atoms with E-state index in [1.807, 2.05) is 0 Å². The molecule has 0 bridgehead atoms. The number of ether oxygens (including phenoxy) is 2. The topological polar surface area (TPSA) is 50.7 Å². The molecule has 128 valence electrons. The average molecular weight is 328 g/mol. The van der Waals surface area contributed by atoms with E-state index in [1.54, 1.807) is 0 Å². The zero-order valence-corrected chi connectivity index (χ0v) is 14.2. The highest BCUT2D eigenvalue weighted by Crippen LogP contribution is 2.29. The van der Waals surface area contributed by atoms with Crippen LogP contribution in [0.25, 0.3) is 10.9 Å². The number of fused-ring (bicyclic) bond motifs is 1. The summed E-state index contributed by atoms with van der Waals surface area (Å²) in [6.07, 6.45) is 0.972. The molecule has 2 saturated heterocycles. The molecule has 2 aliphatic heterocycles. The highest BCUT2D eigenvalue weighted by molar-refractivity contribution is 5.92. The quantitative estimate of drug-likeness (QED) is 0.857. The Balaban J connectivity index is 1.84. The second kappa shape index (κ2) is 6.91. The Labute approximate surface area is 142 Å². The molecule has 2 fully saturated rings. The number of hydrogen-bond acceptors (Lipinski definition) is 6. The first-order valence-electron chi connectivity index (χ1n) is 8.82. The molecular formula is C18H24N4O2. The predicted octanol–water partition coefficient (Wildman–Crippen LogP) is 1.87. The molecule has 4 rings (SSSR count). The van der Waals surface area contributed by atoms with Crippen LogP contribution in [0.4, 0.5) is 11.8 Å². The molecule has 0 N–H and O–H groups in total. The second-order valence-corrected chi connectivity index (χ2v) is 6.21. The number of rotatable bonds is 3. The number of benzene rings is 1. The van der Waals surface area contributed by atoms with Gasteiger partial charge in [0.05, 0.1) is 31.9 Å². The van der Waals surface area contributed by atoms with Crippen LogP contribution in [0.2, 0.25) is 0 Å². The van der Waals surface area contributed by atoms with Crippen LogP contribution >= 0.6 is 0 Å². The van der Waals surface area contributed by atoms with Crippen molar-refractivity contribution in [3.8, 4) is 0 Å². The van der Waals surface area contributed by atoms with Gasteiger partial charge in [0.15, 0.2) is 0 Å². The molecule has 2 aromatic rings. The second-order valence-electron chi connectivity index (χ2n) is 6.21. The van der Waals surface area contributed by atoms with E-state index in [0.29, 0.717) is 0 Å². The zero-order chi connectivity index (χ0) is 16.4. The Hall–Kier alpha value is -1.92. The molecule has 0 amide bonds. The molecule has 0 radical (unpaired) electrons. The van der Waals surface area contributed by atoms with E-state index < -0.39 is 0 Å². The van der Waals surface area contributed by atoms with Crippen molar-refractivity contribution in [2.75, 3.05) is 62.4 Å². The molecule has 0 atom stereocenters. The van der Waals surface area contributed by atoms with Crippen molar-refractivity contribution in [3.05, 3.63) is 23.8 Å². The van der Waals surface area contributed by atoms with Crippen molar-refractivity contribution in [1.29, 1.82) is 0 Å². The SMILES string of the molecule is CCc1cccc2c(N3CCOCC3)nc(N3CCOCC3)nc12. The molecule has 24 heavy (non-hydrogen) atoms. The first-order valence-corrected chi connectivity index (χ1v) is 8.82. The summed E-state index contributed by atoms with van der Waals surface area (Å²) in [5.74, 6) is 1.87. The number of aryl methyl sites for hydroxylation is 1. The number of nitrogens with zero attached hydrogens (tertiary/aromatic N) is 4. The third kappa shape index (κ3) is 2.91. The van der Waals surface area contributed by atoms with Crippen LogP contribution in [0.3, 0.4) is 0 Å². The van der Waals surface area contributed by atoms with Gasteiger partial charge in [0.2, 0.25) is 5.95 Å². The van der Waals surface area contributed by atoms with Gasteiger partial charge < -0.3 is 19.3 Å². The summed E-state index contributed by atoms with van der Waals surface area (Å²) >= 11 is 0. The summed E-state index contributed by atoms with van der Waals surface area (Å²) in [6.45, 7) is 8.63. The summed E-state index contributed by atoms with van der Waals surface area (Å²) in [7, 11) is 0. The van der Waals surface area contributed by atoms with Crippen LogP contribution in [0, 0.1) is 0 Å². The summed E-state index contributed by atoms with van der Waals surface area (Å²) in [5.41, 5.74) is 2.36. The minimum atomic E-state index is 0.740. The van der Waals surface area contributed by atoms with E-state index in [4.69, 9.17) is 19.4 Å². The van der Waals surface area contributed by atoms with Crippen molar-refractivity contribution in [3.63, 3.8) is 0 Å². The number of para-hydroxylation sites is 1. The van der Waals surface area contributed by atoms with Gasteiger partial charge in [-0.1, -0.05) is 19.1 Å². The first kappa shape index (κ1) is 15.6. The molecule has 0 unspecified atom stereocenters. The Morgan fingerprint density at radius 1 is 0.917 bits per heavy atom. The lowest BCUT2D eigenvalue weighted by atomic mass is 10.1. The van der Waals surface area contributed by atoms with Gasteiger partial charge in [0.1, 0.15) is 5.82 Å². The maximum atomic E-state index is 5.51. The van der Waals surface area contributed by atoms with Crippen molar-refractivity contribution >= 4 is 22.7 Å². The van der Waals surface area contributed by atoms with Gasteiger partial charge in [-0.15, -0.1) is 0 Å². The van der Waals surface area contributed by atoms with E-state index in [9.17, 15) is 0 Å². The van der Waals surface area contributed by atoms with Gasteiger partial charge in [-0.3, -0.25) is 0 Å². The molecule has 1 aromatic carbocycles. The lowest BCUT2D eigenvalue weighted by Gasteiger charge is -2.31. The van der Waals surface area contributed by atoms with Crippen LogP contribution in [-0.2, 0) is 15.9 Å². The van der Waals surface area contributed by atoms with Crippen LogP contribution < -0.4 is 9.80 Å². The Kier molecular flexibility index (Phi) is 4.49. The molecule has 2 aliphatic rings. The summed E-state index contributed by atoms with van der Waals surface area (Å²) in [6, 6.07) is 6.42. The summed E-state index contributed by atoms with van der Waals surface area (Å²) in [5, 5.41) is 1.15. The monoisotopic (exact) mass is 328 g/mol. The molecule has 0 aliphatic carbocycles.